The zero-order chi connectivity index (χ0) is 20.4. The lowest BCUT2D eigenvalue weighted by Crippen LogP contribution is -2.51. The van der Waals surface area contributed by atoms with Crippen molar-refractivity contribution in [2.75, 3.05) is 20.5 Å². The molecule has 1 aromatic carbocycles. The first-order valence-corrected chi connectivity index (χ1v) is 10.9. The molecule has 154 valence electrons. The van der Waals surface area contributed by atoms with Crippen LogP contribution in [0.25, 0.3) is 0 Å². The Morgan fingerprint density at radius 2 is 1.89 bits per heavy atom. The monoisotopic (exact) mass is 407 g/mol. The van der Waals surface area contributed by atoms with Gasteiger partial charge in [-0.15, -0.1) is 11.8 Å². The van der Waals surface area contributed by atoms with Gasteiger partial charge in [-0.1, -0.05) is 6.07 Å². The van der Waals surface area contributed by atoms with Crippen molar-refractivity contribution in [3.63, 3.8) is 0 Å². The van der Waals surface area contributed by atoms with Crippen LogP contribution in [0.5, 0.6) is 0 Å². The number of nitrogens with one attached hydrogen (secondary N) is 1. The van der Waals surface area contributed by atoms with E-state index in [1.165, 1.54) is 18.7 Å². The zero-order valence-corrected chi connectivity index (χ0v) is 17.6. The summed E-state index contributed by atoms with van der Waals surface area (Å²) >= 11 is 1.41. The third-order valence-electron chi connectivity index (χ3n) is 6.09. The Labute approximate surface area is 170 Å². The summed E-state index contributed by atoms with van der Waals surface area (Å²) in [6.07, 6.45) is 2.65. The number of amides is 1. The predicted octanol–water partition coefficient (Wildman–Crippen LogP) is 2.23. The average Bonchev–Trinajstić information content (AvgIpc) is 2.89. The summed E-state index contributed by atoms with van der Waals surface area (Å²) in [5.74, 6) is 0.0377. The average molecular weight is 408 g/mol. The molecule has 0 radical (unpaired) electrons. The molecule has 28 heavy (non-hydrogen) atoms. The molecule has 0 aliphatic heterocycles. The minimum atomic E-state index is -0.605. The number of hydrogen-bond acceptors (Lipinski definition) is 6. The maximum Gasteiger partial charge on any atom is 0.217 e. The van der Waals surface area contributed by atoms with E-state index < -0.39 is 12.2 Å². The van der Waals surface area contributed by atoms with Crippen molar-refractivity contribution in [1.82, 2.24) is 5.32 Å². The number of aliphatic hydroxyl groups is 1. The molecule has 2 aliphatic rings. The zero-order valence-electron chi connectivity index (χ0n) is 16.8. The number of carbonyl (C=O) groups excluding carboxylic acids is 1. The molecule has 1 fully saturated rings. The van der Waals surface area contributed by atoms with Crippen LogP contribution in [-0.4, -0.2) is 49.8 Å². The van der Waals surface area contributed by atoms with Gasteiger partial charge in [0.25, 0.3) is 0 Å². The molecule has 0 aromatic heterocycles. The van der Waals surface area contributed by atoms with Gasteiger partial charge in [0.15, 0.2) is 5.43 Å². The Kier molecular flexibility index (Phi) is 6.81. The second-order valence-corrected chi connectivity index (χ2v) is 8.49. The molecule has 6 nitrogen and oxygen atoms in total. The van der Waals surface area contributed by atoms with Gasteiger partial charge in [-0.25, -0.2) is 0 Å². The second kappa shape index (κ2) is 8.95. The molecule has 1 aromatic rings. The maximum atomic E-state index is 12.7. The molecule has 0 bridgehead atoms. The highest BCUT2D eigenvalue weighted by atomic mass is 32.2. The molecule has 1 saturated carbocycles. The largest absolute Gasteiger partial charge is 0.390 e. The minimum Gasteiger partial charge on any atom is -0.390 e. The van der Waals surface area contributed by atoms with Crippen molar-refractivity contribution in [3.8, 4) is 0 Å². The molecule has 0 saturated heterocycles. The van der Waals surface area contributed by atoms with Crippen molar-refractivity contribution in [3.05, 3.63) is 39.5 Å². The van der Waals surface area contributed by atoms with E-state index in [0.717, 1.165) is 17.5 Å². The van der Waals surface area contributed by atoms with E-state index in [4.69, 9.17) is 9.47 Å². The first-order valence-electron chi connectivity index (χ1n) is 9.64. The fraction of sp³-hybridized carbons (Fsp3) is 0.619. The highest BCUT2D eigenvalue weighted by Gasteiger charge is 2.47. The van der Waals surface area contributed by atoms with Crippen molar-refractivity contribution in [2.24, 2.45) is 5.92 Å². The molecule has 2 aliphatic carbocycles. The first-order chi connectivity index (χ1) is 13.4. The fourth-order valence-electron chi connectivity index (χ4n) is 4.93. The van der Waals surface area contributed by atoms with Crippen LogP contribution >= 0.6 is 11.8 Å². The number of fused-ring (bicyclic) bond motifs is 3. The van der Waals surface area contributed by atoms with E-state index in [2.05, 4.69) is 5.32 Å². The van der Waals surface area contributed by atoms with Gasteiger partial charge in [0.2, 0.25) is 5.91 Å². The molecule has 1 amide bonds. The van der Waals surface area contributed by atoms with Gasteiger partial charge in [0, 0.05) is 27.1 Å². The summed E-state index contributed by atoms with van der Waals surface area (Å²) in [4.78, 5) is 25.2. The minimum absolute atomic E-state index is 0.0198. The lowest BCUT2D eigenvalue weighted by atomic mass is 9.70. The number of carbonyl (C=O) groups is 1. The summed E-state index contributed by atoms with van der Waals surface area (Å²) < 4.78 is 11.4. The lowest BCUT2D eigenvalue weighted by Gasteiger charge is -2.44. The van der Waals surface area contributed by atoms with E-state index in [9.17, 15) is 14.7 Å². The van der Waals surface area contributed by atoms with Gasteiger partial charge < -0.3 is 19.9 Å². The van der Waals surface area contributed by atoms with Crippen LogP contribution in [0.4, 0.5) is 0 Å². The molecule has 6 unspecified atom stereocenters. The molecular formula is C21H29NO5S. The Bertz CT molecular complexity index is 786. The molecule has 2 N–H and O–H groups in total. The maximum absolute atomic E-state index is 12.7. The van der Waals surface area contributed by atoms with E-state index in [1.807, 2.05) is 18.4 Å². The Balaban J connectivity index is 2.20. The summed E-state index contributed by atoms with van der Waals surface area (Å²) in [5.41, 5.74) is 1.80. The summed E-state index contributed by atoms with van der Waals surface area (Å²) in [6, 6.07) is 5.29. The molecule has 0 spiro atoms. The summed E-state index contributed by atoms with van der Waals surface area (Å²) in [5, 5.41) is 13.6. The van der Waals surface area contributed by atoms with Gasteiger partial charge in [0.1, 0.15) is 6.10 Å². The molecule has 0 heterocycles. The van der Waals surface area contributed by atoms with Crippen molar-refractivity contribution >= 4 is 17.7 Å². The van der Waals surface area contributed by atoms with Crippen LogP contribution in [0.3, 0.4) is 0 Å². The van der Waals surface area contributed by atoms with Gasteiger partial charge in [-0.05, 0) is 54.7 Å². The lowest BCUT2D eigenvalue weighted by molar-refractivity contribution is -0.140. The SMILES string of the molecule is COC1C(O)CC2CCC(NC(C)=O)c3cc(=O)c(SC)ccc3C2C1OC. The van der Waals surface area contributed by atoms with Crippen molar-refractivity contribution in [2.45, 2.75) is 61.4 Å². The number of rotatable bonds is 4. The van der Waals surface area contributed by atoms with Crippen molar-refractivity contribution in [1.29, 1.82) is 0 Å². The topological polar surface area (TPSA) is 84.9 Å². The smallest absolute Gasteiger partial charge is 0.217 e. The van der Waals surface area contributed by atoms with E-state index in [-0.39, 0.29) is 35.3 Å². The standard InChI is InChI=1S/C21H29NO5S/c1-11(23)22-15-7-5-12-9-17(25)20(26-2)21(27-3)19(12)13-6-8-18(28-4)16(24)10-14(13)15/h6,8,10,12,15,17,19-21,25H,5,7,9H2,1-4H3,(H,22,23). The van der Waals surface area contributed by atoms with Gasteiger partial charge in [0.05, 0.1) is 23.1 Å². The number of ether oxygens (including phenoxy) is 2. The number of aliphatic hydroxyl groups excluding tert-OH is 1. The Morgan fingerprint density at radius 3 is 2.50 bits per heavy atom. The van der Waals surface area contributed by atoms with E-state index in [1.54, 1.807) is 20.3 Å². The van der Waals surface area contributed by atoms with Crippen LogP contribution < -0.4 is 10.7 Å². The van der Waals surface area contributed by atoms with Crippen LogP contribution in [0.15, 0.2) is 27.9 Å². The number of thioether (sulfide) groups is 1. The first kappa shape index (κ1) is 21.3. The van der Waals surface area contributed by atoms with E-state index in [0.29, 0.717) is 17.7 Å². The highest BCUT2D eigenvalue weighted by molar-refractivity contribution is 7.98. The third-order valence-corrected chi connectivity index (χ3v) is 6.87. The Morgan fingerprint density at radius 1 is 1.18 bits per heavy atom. The quantitative estimate of drug-likeness (QED) is 0.745. The Hall–Kier alpha value is -1.41. The van der Waals surface area contributed by atoms with Crippen molar-refractivity contribution < 1.29 is 19.4 Å². The predicted molar refractivity (Wildman–Crippen MR) is 109 cm³/mol. The van der Waals surface area contributed by atoms with Gasteiger partial charge >= 0.3 is 0 Å². The molecule has 6 atom stereocenters. The number of hydrogen-bond donors (Lipinski definition) is 2. The normalized spacial score (nSPS) is 32.0. The van der Waals surface area contributed by atoms with Crippen LogP contribution in [-0.2, 0) is 14.3 Å². The highest BCUT2D eigenvalue weighted by Crippen LogP contribution is 2.48. The summed E-state index contributed by atoms with van der Waals surface area (Å²) in [7, 11) is 3.22. The van der Waals surface area contributed by atoms with Gasteiger partial charge in [-0.2, -0.15) is 0 Å². The van der Waals surface area contributed by atoms with Crippen LogP contribution in [0.2, 0.25) is 0 Å². The van der Waals surface area contributed by atoms with E-state index >= 15 is 0 Å². The van der Waals surface area contributed by atoms with Crippen LogP contribution in [0, 0.1) is 5.92 Å². The van der Waals surface area contributed by atoms with Gasteiger partial charge in [-0.3, -0.25) is 9.59 Å². The summed E-state index contributed by atoms with van der Waals surface area (Å²) in [6.45, 7) is 1.49. The third kappa shape index (κ3) is 3.99. The second-order valence-electron chi connectivity index (χ2n) is 7.64. The molecular weight excluding hydrogens is 378 g/mol. The fourth-order valence-corrected chi connectivity index (χ4v) is 5.39. The van der Waals surface area contributed by atoms with Crippen LogP contribution in [0.1, 0.15) is 49.3 Å². The number of methoxy groups -OCH3 is 2. The molecule has 3 rings (SSSR count). The molecule has 7 heteroatoms.